The highest BCUT2D eigenvalue weighted by Crippen LogP contribution is 2.64. The Morgan fingerprint density at radius 3 is 2.21 bits per heavy atom. The highest BCUT2D eigenvalue weighted by molar-refractivity contribution is 7.58. The second-order valence-electron chi connectivity index (χ2n) is 11.7. The van der Waals surface area contributed by atoms with E-state index in [4.69, 9.17) is 13.8 Å². The molecule has 0 aliphatic carbocycles. The number of carbonyl (C=O) groups excluding carboxylic acids is 1. The molecule has 11 heteroatoms. The first-order valence-electron chi connectivity index (χ1n) is 14.5. The average molecular weight is 614 g/mol. The lowest BCUT2D eigenvalue weighted by atomic mass is 9.86. The summed E-state index contributed by atoms with van der Waals surface area (Å²) in [6.07, 6.45) is 0. The third-order valence-electron chi connectivity index (χ3n) is 6.81. The lowest BCUT2D eigenvalue weighted by Gasteiger charge is -2.35. The first kappa shape index (κ1) is 34.2. The SMILES string of the molecule is CC1=C(C(=O)OCCN(C)Cc2ccccc2)C(c2cccc([N+](=O)[O-])c2)C(P(=O)(OCC(C)C)OCC(C)C)=C(C)N1. The second-order valence-corrected chi connectivity index (χ2v) is 13.7. The van der Waals surface area contributed by atoms with E-state index in [1.54, 1.807) is 26.0 Å². The van der Waals surface area contributed by atoms with Crippen molar-refractivity contribution in [3.05, 3.63) is 98.1 Å². The summed E-state index contributed by atoms with van der Waals surface area (Å²) in [5, 5.41) is 15.2. The third kappa shape index (κ3) is 9.34. The summed E-state index contributed by atoms with van der Waals surface area (Å²) >= 11 is 0. The van der Waals surface area contributed by atoms with E-state index in [0.29, 0.717) is 30.0 Å². The zero-order chi connectivity index (χ0) is 31.7. The van der Waals surface area contributed by atoms with Crippen molar-refractivity contribution < 1.29 is 28.1 Å². The third-order valence-corrected chi connectivity index (χ3v) is 8.97. The van der Waals surface area contributed by atoms with Gasteiger partial charge in [0.25, 0.3) is 5.69 Å². The lowest BCUT2D eigenvalue weighted by molar-refractivity contribution is -0.384. The Hall–Kier alpha value is -3.30. The number of esters is 1. The molecule has 0 bridgehead atoms. The molecule has 1 aliphatic heterocycles. The topological polar surface area (TPSA) is 120 Å². The summed E-state index contributed by atoms with van der Waals surface area (Å²) in [5.41, 5.74) is 2.61. The zero-order valence-electron chi connectivity index (χ0n) is 26.2. The van der Waals surface area contributed by atoms with Crippen LogP contribution >= 0.6 is 7.60 Å². The molecule has 1 heterocycles. The number of hydrogen-bond donors (Lipinski definition) is 1. The monoisotopic (exact) mass is 613 g/mol. The van der Waals surface area contributed by atoms with E-state index in [1.807, 2.05) is 70.0 Å². The van der Waals surface area contributed by atoms with Crippen molar-refractivity contribution in [1.29, 1.82) is 0 Å². The molecule has 0 aromatic heterocycles. The van der Waals surface area contributed by atoms with Crippen LogP contribution in [0.5, 0.6) is 0 Å². The number of allylic oxidation sites excluding steroid dienone is 3. The number of nitro benzene ring substituents is 1. The maximum Gasteiger partial charge on any atom is 0.360 e. The summed E-state index contributed by atoms with van der Waals surface area (Å²) < 4.78 is 32.5. The molecule has 234 valence electrons. The number of benzene rings is 2. The Labute approximate surface area is 254 Å². The Morgan fingerprint density at radius 1 is 1.00 bits per heavy atom. The molecular formula is C32H44N3O7P. The van der Waals surface area contributed by atoms with E-state index >= 15 is 0 Å². The van der Waals surface area contributed by atoms with Crippen molar-refractivity contribution >= 4 is 19.3 Å². The van der Waals surface area contributed by atoms with Crippen LogP contribution in [0.25, 0.3) is 0 Å². The minimum atomic E-state index is -4.01. The van der Waals surface area contributed by atoms with Crippen LogP contribution < -0.4 is 5.32 Å². The number of nitro groups is 1. The van der Waals surface area contributed by atoms with Crippen molar-refractivity contribution in [1.82, 2.24) is 10.2 Å². The van der Waals surface area contributed by atoms with E-state index in [9.17, 15) is 19.5 Å². The molecule has 0 radical (unpaired) electrons. The highest BCUT2D eigenvalue weighted by atomic mass is 31.2. The standard InChI is InChI=1S/C32H44N3O7P/c1-22(2)20-41-43(39,42-21-23(3)4)31-25(6)33-24(5)29(30(31)27-14-11-15-28(18-27)35(37)38)32(36)40-17-16-34(7)19-26-12-9-8-10-13-26/h8-15,18,22-23,30,33H,16-17,19-21H2,1-7H3. The van der Waals surface area contributed by atoms with Crippen LogP contribution in [0.1, 0.15) is 58.6 Å². The van der Waals surface area contributed by atoms with Gasteiger partial charge >= 0.3 is 13.6 Å². The number of carbonyl (C=O) groups is 1. The van der Waals surface area contributed by atoms with Crippen molar-refractivity contribution in [2.45, 2.75) is 54.0 Å². The predicted molar refractivity (Wildman–Crippen MR) is 167 cm³/mol. The fourth-order valence-corrected chi connectivity index (χ4v) is 7.18. The van der Waals surface area contributed by atoms with Gasteiger partial charge in [-0.05, 0) is 43.9 Å². The van der Waals surface area contributed by atoms with Gasteiger partial charge in [-0.3, -0.25) is 19.6 Å². The maximum atomic E-state index is 14.7. The van der Waals surface area contributed by atoms with Crippen molar-refractivity contribution in [3.63, 3.8) is 0 Å². The number of rotatable bonds is 15. The number of dihydropyridines is 1. The molecule has 1 N–H and O–H groups in total. The number of likely N-dealkylation sites (N-methyl/N-ethyl adjacent to an activating group) is 1. The summed E-state index contributed by atoms with van der Waals surface area (Å²) in [4.78, 5) is 27.1. The summed E-state index contributed by atoms with van der Waals surface area (Å²) in [6.45, 7) is 12.8. The van der Waals surface area contributed by atoms with E-state index in [1.165, 1.54) is 12.1 Å². The van der Waals surface area contributed by atoms with Crippen LogP contribution in [-0.4, -0.2) is 49.2 Å². The van der Waals surface area contributed by atoms with Crippen LogP contribution in [0.2, 0.25) is 0 Å². The molecule has 10 nitrogen and oxygen atoms in total. The van der Waals surface area contributed by atoms with Gasteiger partial charge in [-0.15, -0.1) is 0 Å². The molecule has 0 amide bonds. The zero-order valence-corrected chi connectivity index (χ0v) is 27.1. The van der Waals surface area contributed by atoms with E-state index in [-0.39, 0.29) is 48.2 Å². The molecule has 1 unspecified atom stereocenters. The van der Waals surface area contributed by atoms with E-state index < -0.39 is 24.4 Å². The van der Waals surface area contributed by atoms with Crippen molar-refractivity contribution in [2.24, 2.45) is 11.8 Å². The summed E-state index contributed by atoms with van der Waals surface area (Å²) in [7, 11) is -2.06. The van der Waals surface area contributed by atoms with Crippen molar-refractivity contribution in [2.75, 3.05) is 33.4 Å². The van der Waals surface area contributed by atoms with Crippen LogP contribution in [0.15, 0.2) is 76.9 Å². The molecule has 2 aromatic rings. The van der Waals surface area contributed by atoms with Crippen LogP contribution in [-0.2, 0) is 29.7 Å². The Morgan fingerprint density at radius 2 is 1.63 bits per heavy atom. The number of non-ortho nitro benzene ring substituents is 1. The van der Waals surface area contributed by atoms with E-state index in [2.05, 4.69) is 5.32 Å². The van der Waals surface area contributed by atoms with E-state index in [0.717, 1.165) is 5.56 Å². The quantitative estimate of drug-likeness (QED) is 0.0980. The van der Waals surface area contributed by atoms with Gasteiger partial charge in [0, 0.05) is 36.6 Å². The molecule has 0 fully saturated rings. The average Bonchev–Trinajstić information content (AvgIpc) is 2.95. The molecule has 3 rings (SSSR count). The predicted octanol–water partition coefficient (Wildman–Crippen LogP) is 7.00. The maximum absolute atomic E-state index is 14.7. The lowest BCUT2D eigenvalue weighted by Crippen LogP contribution is -2.31. The van der Waals surface area contributed by atoms with Crippen LogP contribution in [0.3, 0.4) is 0 Å². The molecule has 0 saturated heterocycles. The Bertz CT molecular complexity index is 1370. The van der Waals surface area contributed by atoms with Crippen molar-refractivity contribution in [3.8, 4) is 0 Å². The smallest absolute Gasteiger partial charge is 0.360 e. The molecule has 1 atom stereocenters. The summed E-state index contributed by atoms with van der Waals surface area (Å²) in [6, 6.07) is 16.0. The van der Waals surface area contributed by atoms with Gasteiger partial charge in [-0.2, -0.15) is 0 Å². The molecule has 2 aromatic carbocycles. The Balaban J connectivity index is 2.00. The van der Waals surface area contributed by atoms with Crippen LogP contribution in [0, 0.1) is 22.0 Å². The van der Waals surface area contributed by atoms with Gasteiger partial charge in [-0.25, -0.2) is 4.79 Å². The first-order valence-corrected chi connectivity index (χ1v) is 16.1. The first-order chi connectivity index (χ1) is 20.3. The number of ether oxygens (including phenoxy) is 1. The largest absolute Gasteiger partial charge is 0.461 e. The molecule has 0 saturated carbocycles. The fourth-order valence-electron chi connectivity index (χ4n) is 4.78. The van der Waals surface area contributed by atoms with Gasteiger partial charge < -0.3 is 19.1 Å². The van der Waals surface area contributed by atoms with Crippen LogP contribution in [0.4, 0.5) is 5.69 Å². The van der Waals surface area contributed by atoms with Gasteiger partial charge in [-0.1, -0.05) is 70.2 Å². The molecular weight excluding hydrogens is 569 g/mol. The number of nitrogens with zero attached hydrogens (tertiary/aromatic N) is 2. The normalized spacial score (nSPS) is 15.8. The van der Waals surface area contributed by atoms with Gasteiger partial charge in [0.15, 0.2) is 0 Å². The second kappa shape index (κ2) is 15.4. The van der Waals surface area contributed by atoms with Gasteiger partial charge in [0.2, 0.25) is 0 Å². The van der Waals surface area contributed by atoms with Gasteiger partial charge in [0.1, 0.15) is 6.61 Å². The van der Waals surface area contributed by atoms with Gasteiger partial charge in [0.05, 0.1) is 34.9 Å². The minimum Gasteiger partial charge on any atom is -0.461 e. The molecule has 0 spiro atoms. The Kier molecular flexibility index (Phi) is 12.3. The number of nitrogens with one attached hydrogen (secondary N) is 1. The summed E-state index contributed by atoms with van der Waals surface area (Å²) in [5.74, 6) is -1.46. The minimum absolute atomic E-state index is 0.0549. The number of hydrogen-bond acceptors (Lipinski definition) is 9. The highest BCUT2D eigenvalue weighted by Gasteiger charge is 2.45. The fraction of sp³-hybridized carbons (Fsp3) is 0.469. The molecule has 43 heavy (non-hydrogen) atoms. The molecule has 1 aliphatic rings.